The number of likely N-dealkylation sites (N-methyl/N-ethyl adjacent to an activating group) is 2. The van der Waals surface area contributed by atoms with Gasteiger partial charge in [-0.3, -0.25) is 19.2 Å². The molecule has 0 radical (unpaired) electrons. The van der Waals surface area contributed by atoms with Gasteiger partial charge in [-0.25, -0.2) is 0 Å². The molecular weight excluding hydrogens is 761 g/mol. The van der Waals surface area contributed by atoms with Crippen LogP contribution >= 0.6 is 0 Å². The molecular formula is C48H62N4O8. The van der Waals surface area contributed by atoms with E-state index in [1.807, 2.05) is 84.9 Å². The first kappa shape index (κ1) is 47.3. The van der Waals surface area contributed by atoms with E-state index in [-0.39, 0.29) is 25.0 Å². The molecule has 0 aliphatic heterocycles. The molecule has 0 bridgehead atoms. The van der Waals surface area contributed by atoms with Crippen LogP contribution in [0.25, 0.3) is 0 Å². The van der Waals surface area contributed by atoms with Gasteiger partial charge in [-0.1, -0.05) is 137 Å². The Morgan fingerprint density at radius 2 is 0.733 bits per heavy atom. The van der Waals surface area contributed by atoms with Gasteiger partial charge in [0.1, 0.15) is 24.3 Å². The molecule has 4 aromatic rings. The van der Waals surface area contributed by atoms with Crippen LogP contribution in [-0.2, 0) is 67.5 Å². The summed E-state index contributed by atoms with van der Waals surface area (Å²) >= 11 is 0. The molecule has 0 heterocycles. The van der Waals surface area contributed by atoms with Crippen LogP contribution in [-0.4, -0.2) is 84.4 Å². The smallest absolute Gasteiger partial charge is 0.252 e. The molecule has 12 heteroatoms. The van der Waals surface area contributed by atoms with Crippen LogP contribution in [0.1, 0.15) is 61.1 Å². The lowest BCUT2D eigenvalue weighted by molar-refractivity contribution is -0.171. The average molecular weight is 823 g/mol. The fraction of sp³-hybridized carbons (Fsp3) is 0.417. The van der Waals surface area contributed by atoms with Gasteiger partial charge in [0.15, 0.2) is 12.2 Å². The zero-order valence-electron chi connectivity index (χ0n) is 35.6. The minimum atomic E-state index is -2.03. The second-order valence-corrected chi connectivity index (χ2v) is 15.7. The number of nitrogens with one attached hydrogen (secondary N) is 4. The van der Waals surface area contributed by atoms with Gasteiger partial charge in [-0.2, -0.15) is 0 Å². The lowest BCUT2D eigenvalue weighted by atomic mass is 9.98. The van der Waals surface area contributed by atoms with Crippen molar-refractivity contribution in [1.82, 2.24) is 21.3 Å². The van der Waals surface area contributed by atoms with Crippen molar-refractivity contribution in [2.24, 2.45) is 11.8 Å². The molecule has 60 heavy (non-hydrogen) atoms. The minimum absolute atomic E-state index is 0.145. The van der Waals surface area contributed by atoms with E-state index in [0.717, 1.165) is 36.8 Å². The first-order valence-corrected chi connectivity index (χ1v) is 20.7. The largest absolute Gasteiger partial charge is 0.387 e. The number of hydrogen-bond acceptors (Lipinski definition) is 8. The average Bonchev–Trinajstić information content (AvgIpc) is 3.26. The predicted octanol–water partition coefficient (Wildman–Crippen LogP) is 4.22. The van der Waals surface area contributed by atoms with Crippen molar-refractivity contribution in [1.29, 1.82) is 0 Å². The second-order valence-electron chi connectivity index (χ2n) is 15.7. The molecule has 6 unspecified atom stereocenters. The molecule has 0 fully saturated rings. The second kappa shape index (κ2) is 24.0. The highest BCUT2D eigenvalue weighted by atomic mass is 16.5. The number of aliphatic hydroxyl groups excluding tert-OH is 2. The Balaban J connectivity index is 1.56. The SMILES string of the molecule is CNC(=O)C(NC(=O)C(OCc1ccc(CCc2ccccc2)cc1)C(O)C(O)C(OCc1ccc(CCc2ccccc2)cc1)C(=O)NC(C(=O)NC)C(C)C)C(C)C. The molecule has 4 aromatic carbocycles. The van der Waals surface area contributed by atoms with E-state index in [9.17, 15) is 29.4 Å². The first-order valence-electron chi connectivity index (χ1n) is 20.7. The normalized spacial score (nSPS) is 14.4. The Labute approximate surface area is 354 Å². The number of rotatable bonds is 23. The zero-order valence-corrected chi connectivity index (χ0v) is 35.6. The number of amides is 4. The van der Waals surface area contributed by atoms with Gasteiger partial charge in [-0.05, 0) is 70.9 Å². The van der Waals surface area contributed by atoms with Crippen LogP contribution in [0.15, 0.2) is 109 Å². The van der Waals surface area contributed by atoms with E-state index in [1.165, 1.54) is 25.2 Å². The van der Waals surface area contributed by atoms with E-state index >= 15 is 0 Å². The molecule has 322 valence electrons. The molecule has 12 nitrogen and oxygen atoms in total. The third-order valence-electron chi connectivity index (χ3n) is 10.5. The molecule has 0 aliphatic carbocycles. The number of ether oxygens (including phenoxy) is 2. The highest BCUT2D eigenvalue weighted by Crippen LogP contribution is 2.19. The summed E-state index contributed by atoms with van der Waals surface area (Å²) in [6.07, 6.45) is -4.21. The molecule has 6 atom stereocenters. The Hall–Kier alpha value is -5.40. The summed E-state index contributed by atoms with van der Waals surface area (Å²) in [6.45, 7) is 6.72. The fourth-order valence-electron chi connectivity index (χ4n) is 6.71. The Morgan fingerprint density at radius 1 is 0.450 bits per heavy atom. The lowest BCUT2D eigenvalue weighted by Crippen LogP contribution is -2.60. The van der Waals surface area contributed by atoms with Gasteiger partial charge < -0.3 is 41.0 Å². The standard InChI is InChI=1S/C48H62N4O8/c1-31(2)39(45(55)49-5)51-47(57)43(59-29-37-25-21-35(22-26-37)19-17-33-13-9-7-10-14-33)41(53)42(54)44(48(58)52-40(32(3)4)46(56)50-6)60-30-38-27-23-36(24-28-38)20-18-34-15-11-8-12-16-34/h7-16,21-28,31-32,39-44,53-54H,17-20,29-30H2,1-6H3,(H,49,55)(H,50,56)(H,51,57)(H,52,58). The molecule has 6 N–H and O–H groups in total. The zero-order chi connectivity index (χ0) is 43.6. The van der Waals surface area contributed by atoms with Crippen LogP contribution < -0.4 is 21.3 Å². The van der Waals surface area contributed by atoms with E-state index < -0.39 is 60.1 Å². The summed E-state index contributed by atoms with van der Waals surface area (Å²) in [5.41, 5.74) is 6.02. The number of carbonyl (C=O) groups excluding carboxylic acids is 4. The van der Waals surface area contributed by atoms with Crippen molar-refractivity contribution in [3.05, 3.63) is 143 Å². The van der Waals surface area contributed by atoms with Crippen LogP contribution in [0, 0.1) is 11.8 Å². The van der Waals surface area contributed by atoms with E-state index in [2.05, 4.69) is 45.5 Å². The van der Waals surface area contributed by atoms with E-state index in [4.69, 9.17) is 9.47 Å². The fourth-order valence-corrected chi connectivity index (χ4v) is 6.71. The van der Waals surface area contributed by atoms with Crippen LogP contribution in [0.3, 0.4) is 0 Å². The molecule has 0 aliphatic rings. The van der Waals surface area contributed by atoms with Gasteiger partial charge in [0.2, 0.25) is 11.8 Å². The van der Waals surface area contributed by atoms with Crippen molar-refractivity contribution in [2.75, 3.05) is 14.1 Å². The van der Waals surface area contributed by atoms with Gasteiger partial charge in [0.25, 0.3) is 11.8 Å². The van der Waals surface area contributed by atoms with E-state index in [1.54, 1.807) is 27.7 Å². The molecule has 0 saturated carbocycles. The summed E-state index contributed by atoms with van der Waals surface area (Å²) in [5.74, 6) is -3.36. The summed E-state index contributed by atoms with van der Waals surface area (Å²) < 4.78 is 12.1. The monoisotopic (exact) mass is 822 g/mol. The molecule has 4 amide bonds. The number of aliphatic hydroxyl groups is 2. The summed E-state index contributed by atoms with van der Waals surface area (Å²) in [7, 11) is 2.89. The maximum Gasteiger partial charge on any atom is 0.252 e. The Kier molecular flexibility index (Phi) is 18.9. The number of hydrogen-bond donors (Lipinski definition) is 6. The highest BCUT2D eigenvalue weighted by Gasteiger charge is 2.42. The van der Waals surface area contributed by atoms with Gasteiger partial charge in [0.05, 0.1) is 13.2 Å². The van der Waals surface area contributed by atoms with Crippen molar-refractivity contribution in [3.8, 4) is 0 Å². The summed E-state index contributed by atoms with van der Waals surface area (Å²) in [5, 5.41) is 34.0. The van der Waals surface area contributed by atoms with Crippen LogP contribution in [0.4, 0.5) is 0 Å². The number of aryl methyl sites for hydroxylation is 4. The van der Waals surface area contributed by atoms with Crippen LogP contribution in [0.5, 0.6) is 0 Å². The summed E-state index contributed by atoms with van der Waals surface area (Å²) in [6, 6.07) is 33.6. The third kappa shape index (κ3) is 14.4. The lowest BCUT2D eigenvalue weighted by Gasteiger charge is -2.32. The minimum Gasteiger partial charge on any atom is -0.387 e. The topological polar surface area (TPSA) is 175 Å². The maximum absolute atomic E-state index is 14.0. The number of carbonyl (C=O) groups is 4. The van der Waals surface area contributed by atoms with Crippen molar-refractivity contribution in [3.63, 3.8) is 0 Å². The third-order valence-corrected chi connectivity index (χ3v) is 10.5. The van der Waals surface area contributed by atoms with Gasteiger partial charge in [0, 0.05) is 14.1 Å². The molecule has 0 saturated heterocycles. The van der Waals surface area contributed by atoms with Crippen LogP contribution in [0.2, 0.25) is 0 Å². The highest BCUT2D eigenvalue weighted by molar-refractivity contribution is 5.91. The van der Waals surface area contributed by atoms with E-state index in [0.29, 0.717) is 11.1 Å². The quantitative estimate of drug-likeness (QED) is 0.0645. The van der Waals surface area contributed by atoms with Gasteiger partial charge >= 0.3 is 0 Å². The maximum atomic E-state index is 14.0. The van der Waals surface area contributed by atoms with Gasteiger partial charge in [-0.15, -0.1) is 0 Å². The predicted molar refractivity (Wildman–Crippen MR) is 231 cm³/mol. The number of benzene rings is 4. The molecule has 0 aromatic heterocycles. The summed E-state index contributed by atoms with van der Waals surface area (Å²) in [4.78, 5) is 53.5. The Morgan fingerprint density at radius 3 is 1.02 bits per heavy atom. The van der Waals surface area contributed by atoms with Crippen molar-refractivity contribution < 1.29 is 38.9 Å². The Bertz CT molecular complexity index is 1780. The van der Waals surface area contributed by atoms with Crippen molar-refractivity contribution >= 4 is 23.6 Å². The first-order chi connectivity index (χ1) is 28.8. The molecule has 0 spiro atoms. The molecule has 4 rings (SSSR count). The van der Waals surface area contributed by atoms with Crippen molar-refractivity contribution in [2.45, 2.75) is 103 Å².